The second-order valence-corrected chi connectivity index (χ2v) is 6.84. The van der Waals surface area contributed by atoms with Crippen LogP contribution < -0.4 is 10.1 Å². The molecule has 1 amide bonds. The third-order valence-electron chi connectivity index (χ3n) is 4.62. The molecular formula is C20H29NO4. The number of rotatable bonds is 6. The Hall–Kier alpha value is -2.04. The number of aryl methyl sites for hydroxylation is 2. The van der Waals surface area contributed by atoms with E-state index in [0.29, 0.717) is 5.75 Å². The molecule has 1 atom stereocenters. The predicted octanol–water partition coefficient (Wildman–Crippen LogP) is 3.45. The first-order valence-corrected chi connectivity index (χ1v) is 9.16. The molecule has 138 valence electrons. The van der Waals surface area contributed by atoms with Crippen LogP contribution >= 0.6 is 0 Å². The van der Waals surface area contributed by atoms with Crippen LogP contribution in [0.3, 0.4) is 0 Å². The second kappa shape index (κ2) is 9.44. The lowest BCUT2D eigenvalue weighted by atomic mass is 10.1. The van der Waals surface area contributed by atoms with E-state index in [9.17, 15) is 9.59 Å². The normalized spacial score (nSPS) is 16.6. The molecule has 1 aromatic rings. The first-order valence-electron chi connectivity index (χ1n) is 9.16. The number of hydrogen-bond donors (Lipinski definition) is 1. The van der Waals surface area contributed by atoms with Crippen LogP contribution in [0.15, 0.2) is 18.2 Å². The molecule has 5 nitrogen and oxygen atoms in total. The Bertz CT molecular complexity index is 571. The van der Waals surface area contributed by atoms with Gasteiger partial charge in [-0.25, -0.2) is 4.79 Å². The standard InChI is InChI=1S/C20H29NO4/c1-14-9-8-10-15(2)19(14)24-13-18(22)25-16(3)20(23)21-17-11-6-4-5-7-12-17/h8-10,16-17H,4-7,11-13H2,1-3H3,(H,21,23)/t16-/m0/s1. The molecule has 1 saturated carbocycles. The molecule has 2 rings (SSSR count). The van der Waals surface area contributed by atoms with Crippen molar-refractivity contribution in [2.24, 2.45) is 0 Å². The van der Waals surface area contributed by atoms with E-state index >= 15 is 0 Å². The average Bonchev–Trinajstić information content (AvgIpc) is 2.83. The molecule has 1 aromatic carbocycles. The quantitative estimate of drug-likeness (QED) is 0.632. The largest absolute Gasteiger partial charge is 0.481 e. The zero-order valence-electron chi connectivity index (χ0n) is 15.5. The van der Waals surface area contributed by atoms with Gasteiger partial charge in [0.1, 0.15) is 5.75 Å². The van der Waals surface area contributed by atoms with Crippen LogP contribution in [0.2, 0.25) is 0 Å². The zero-order valence-corrected chi connectivity index (χ0v) is 15.5. The third kappa shape index (κ3) is 6.07. The molecule has 1 fully saturated rings. The highest BCUT2D eigenvalue weighted by molar-refractivity contribution is 5.83. The third-order valence-corrected chi connectivity index (χ3v) is 4.62. The first kappa shape index (κ1) is 19.3. The molecule has 1 N–H and O–H groups in total. The smallest absolute Gasteiger partial charge is 0.344 e. The van der Waals surface area contributed by atoms with Crippen molar-refractivity contribution < 1.29 is 19.1 Å². The van der Waals surface area contributed by atoms with Gasteiger partial charge in [0, 0.05) is 6.04 Å². The van der Waals surface area contributed by atoms with E-state index in [0.717, 1.165) is 36.8 Å². The van der Waals surface area contributed by atoms with Gasteiger partial charge in [-0.1, -0.05) is 43.9 Å². The predicted molar refractivity (Wildman–Crippen MR) is 96.6 cm³/mol. The monoisotopic (exact) mass is 347 g/mol. The minimum Gasteiger partial charge on any atom is -0.481 e. The Morgan fingerprint density at radius 1 is 1.12 bits per heavy atom. The highest BCUT2D eigenvalue weighted by Crippen LogP contribution is 2.22. The highest BCUT2D eigenvalue weighted by atomic mass is 16.6. The van der Waals surface area contributed by atoms with E-state index in [2.05, 4.69) is 5.32 Å². The molecule has 0 unspecified atom stereocenters. The number of nitrogens with one attached hydrogen (secondary N) is 1. The van der Waals surface area contributed by atoms with Gasteiger partial charge in [-0.15, -0.1) is 0 Å². The van der Waals surface area contributed by atoms with Crippen LogP contribution in [0.25, 0.3) is 0 Å². The van der Waals surface area contributed by atoms with Gasteiger partial charge in [-0.05, 0) is 44.7 Å². The van der Waals surface area contributed by atoms with Crippen molar-refractivity contribution in [1.82, 2.24) is 5.32 Å². The minimum absolute atomic E-state index is 0.196. The highest BCUT2D eigenvalue weighted by Gasteiger charge is 2.22. The van der Waals surface area contributed by atoms with Gasteiger partial charge in [0.2, 0.25) is 0 Å². The molecule has 0 heterocycles. The molecule has 1 aliphatic rings. The summed E-state index contributed by atoms with van der Waals surface area (Å²) >= 11 is 0. The zero-order chi connectivity index (χ0) is 18.2. The fourth-order valence-electron chi connectivity index (χ4n) is 3.18. The number of amides is 1. The van der Waals surface area contributed by atoms with E-state index < -0.39 is 12.1 Å². The van der Waals surface area contributed by atoms with E-state index in [-0.39, 0.29) is 18.6 Å². The van der Waals surface area contributed by atoms with Crippen LogP contribution in [0.4, 0.5) is 0 Å². The van der Waals surface area contributed by atoms with Crippen molar-refractivity contribution in [1.29, 1.82) is 0 Å². The Kier molecular flexibility index (Phi) is 7.29. The molecule has 0 bridgehead atoms. The van der Waals surface area contributed by atoms with Gasteiger partial charge >= 0.3 is 5.97 Å². The summed E-state index contributed by atoms with van der Waals surface area (Å²) < 4.78 is 10.8. The molecular weight excluding hydrogens is 318 g/mol. The average molecular weight is 347 g/mol. The van der Waals surface area contributed by atoms with Crippen molar-refractivity contribution >= 4 is 11.9 Å². The molecule has 1 aliphatic carbocycles. The molecule has 0 saturated heterocycles. The molecule has 25 heavy (non-hydrogen) atoms. The summed E-state index contributed by atoms with van der Waals surface area (Å²) in [7, 11) is 0. The van der Waals surface area contributed by atoms with Crippen molar-refractivity contribution in [3.63, 3.8) is 0 Å². The summed E-state index contributed by atoms with van der Waals surface area (Å²) in [6.07, 6.45) is 5.94. The number of hydrogen-bond acceptors (Lipinski definition) is 4. The Labute approximate surface area is 150 Å². The molecule has 0 spiro atoms. The van der Waals surface area contributed by atoms with Crippen LogP contribution in [-0.4, -0.2) is 30.6 Å². The van der Waals surface area contributed by atoms with E-state index in [1.165, 1.54) is 12.8 Å². The van der Waals surface area contributed by atoms with Gasteiger partial charge in [0.25, 0.3) is 5.91 Å². The molecule has 5 heteroatoms. The van der Waals surface area contributed by atoms with Crippen molar-refractivity contribution in [3.05, 3.63) is 29.3 Å². The number of esters is 1. The van der Waals surface area contributed by atoms with Crippen molar-refractivity contribution in [2.75, 3.05) is 6.61 Å². The van der Waals surface area contributed by atoms with E-state index in [4.69, 9.17) is 9.47 Å². The van der Waals surface area contributed by atoms with Gasteiger partial charge in [-0.2, -0.15) is 0 Å². The van der Waals surface area contributed by atoms with Gasteiger partial charge in [-0.3, -0.25) is 4.79 Å². The SMILES string of the molecule is Cc1cccc(C)c1OCC(=O)O[C@@H](C)C(=O)NC1CCCCCC1. The van der Waals surface area contributed by atoms with Crippen LogP contribution in [0, 0.1) is 13.8 Å². The Morgan fingerprint density at radius 3 is 2.32 bits per heavy atom. The minimum atomic E-state index is -0.808. The fourth-order valence-corrected chi connectivity index (χ4v) is 3.18. The summed E-state index contributed by atoms with van der Waals surface area (Å²) in [6.45, 7) is 5.25. The van der Waals surface area contributed by atoms with Crippen LogP contribution in [-0.2, 0) is 14.3 Å². The second-order valence-electron chi connectivity index (χ2n) is 6.84. The van der Waals surface area contributed by atoms with E-state index in [1.54, 1.807) is 6.92 Å². The van der Waals surface area contributed by atoms with Crippen molar-refractivity contribution in [2.45, 2.75) is 71.4 Å². The van der Waals surface area contributed by atoms with Crippen molar-refractivity contribution in [3.8, 4) is 5.75 Å². The van der Waals surface area contributed by atoms with Gasteiger partial charge in [0.15, 0.2) is 12.7 Å². The molecule has 0 radical (unpaired) electrons. The van der Waals surface area contributed by atoms with Gasteiger partial charge in [0.05, 0.1) is 0 Å². The number of ether oxygens (including phenoxy) is 2. The first-order chi connectivity index (χ1) is 12.0. The summed E-state index contributed by atoms with van der Waals surface area (Å²) in [5, 5.41) is 3.00. The van der Waals surface area contributed by atoms with Gasteiger partial charge < -0.3 is 14.8 Å². The number of carbonyl (C=O) groups is 2. The Morgan fingerprint density at radius 2 is 1.72 bits per heavy atom. The Balaban J connectivity index is 1.78. The lowest BCUT2D eigenvalue weighted by Crippen LogP contribution is -2.42. The number of carbonyl (C=O) groups excluding carboxylic acids is 2. The van der Waals surface area contributed by atoms with E-state index in [1.807, 2.05) is 32.0 Å². The maximum absolute atomic E-state index is 12.2. The maximum atomic E-state index is 12.2. The summed E-state index contributed by atoms with van der Waals surface area (Å²) in [6, 6.07) is 5.99. The topological polar surface area (TPSA) is 64.6 Å². The summed E-state index contributed by atoms with van der Waals surface area (Å²) in [4.78, 5) is 24.2. The molecule has 0 aliphatic heterocycles. The summed E-state index contributed by atoms with van der Waals surface area (Å²) in [5.74, 6) is -0.0755. The lowest BCUT2D eigenvalue weighted by Gasteiger charge is -2.20. The fraction of sp³-hybridized carbons (Fsp3) is 0.600. The summed E-state index contributed by atoms with van der Waals surface area (Å²) in [5.41, 5.74) is 1.93. The molecule has 0 aromatic heterocycles. The number of para-hydroxylation sites is 1. The number of benzene rings is 1. The maximum Gasteiger partial charge on any atom is 0.344 e. The van der Waals surface area contributed by atoms with Crippen LogP contribution in [0.1, 0.15) is 56.6 Å². The lowest BCUT2D eigenvalue weighted by molar-refractivity contribution is -0.156. The van der Waals surface area contributed by atoms with Crippen LogP contribution in [0.5, 0.6) is 5.75 Å².